The van der Waals surface area contributed by atoms with Crippen LogP contribution in [0.25, 0.3) is 0 Å². The van der Waals surface area contributed by atoms with Crippen LogP contribution in [0.4, 0.5) is 0 Å². The van der Waals surface area contributed by atoms with Crippen molar-refractivity contribution in [2.24, 2.45) is 17.8 Å². The highest BCUT2D eigenvalue weighted by Gasteiger charge is 2.40. The second-order valence-corrected chi connectivity index (χ2v) is 5.60. The summed E-state index contributed by atoms with van der Waals surface area (Å²) in [6, 6.07) is 0. The van der Waals surface area contributed by atoms with E-state index in [-0.39, 0.29) is 23.7 Å². The van der Waals surface area contributed by atoms with Gasteiger partial charge in [0.25, 0.3) is 0 Å². The Morgan fingerprint density at radius 1 is 1.05 bits per heavy atom. The van der Waals surface area contributed by atoms with Gasteiger partial charge in [0.2, 0.25) is 5.91 Å². The van der Waals surface area contributed by atoms with Crippen LogP contribution in [0.1, 0.15) is 32.1 Å². The molecule has 1 aliphatic heterocycles. The van der Waals surface area contributed by atoms with E-state index in [1.807, 2.05) is 0 Å². The molecule has 0 radical (unpaired) electrons. The number of hydrogen-bond acceptors (Lipinski definition) is 4. The van der Waals surface area contributed by atoms with Crippen molar-refractivity contribution in [2.45, 2.75) is 32.1 Å². The van der Waals surface area contributed by atoms with Gasteiger partial charge in [-0.25, -0.2) is 0 Å². The van der Waals surface area contributed by atoms with Crippen LogP contribution in [-0.2, 0) is 19.1 Å². The second-order valence-electron chi connectivity index (χ2n) is 5.60. The zero-order chi connectivity index (χ0) is 14.7. The molecule has 2 fully saturated rings. The number of ether oxygens (including phenoxy) is 1. The fourth-order valence-corrected chi connectivity index (χ4v) is 3.29. The van der Waals surface area contributed by atoms with E-state index in [4.69, 9.17) is 9.84 Å². The lowest BCUT2D eigenvalue weighted by atomic mass is 9.92. The molecule has 1 heterocycles. The number of esters is 1. The molecule has 1 amide bonds. The van der Waals surface area contributed by atoms with Gasteiger partial charge in [-0.15, -0.1) is 0 Å². The lowest BCUT2D eigenvalue weighted by Gasteiger charge is -2.33. The summed E-state index contributed by atoms with van der Waals surface area (Å²) in [5.41, 5.74) is 0. The quantitative estimate of drug-likeness (QED) is 0.778. The van der Waals surface area contributed by atoms with Gasteiger partial charge in [-0.05, 0) is 25.7 Å². The van der Waals surface area contributed by atoms with Gasteiger partial charge in [0.1, 0.15) is 0 Å². The van der Waals surface area contributed by atoms with E-state index in [1.54, 1.807) is 4.90 Å². The molecule has 0 spiro atoms. The predicted octanol–water partition coefficient (Wildman–Crippen LogP) is 0.899. The number of hydrogen-bond donors (Lipinski definition) is 1. The lowest BCUT2D eigenvalue weighted by Crippen LogP contribution is -2.44. The van der Waals surface area contributed by atoms with Crippen LogP contribution >= 0.6 is 0 Å². The number of rotatable bonds is 3. The third-order valence-electron chi connectivity index (χ3n) is 4.49. The summed E-state index contributed by atoms with van der Waals surface area (Å²) in [7, 11) is 1.37. The van der Waals surface area contributed by atoms with Crippen LogP contribution in [0.15, 0.2) is 0 Å². The van der Waals surface area contributed by atoms with Crippen molar-refractivity contribution in [2.75, 3.05) is 20.2 Å². The zero-order valence-corrected chi connectivity index (χ0v) is 11.7. The molecule has 20 heavy (non-hydrogen) atoms. The van der Waals surface area contributed by atoms with Crippen molar-refractivity contribution in [3.8, 4) is 0 Å². The standard InChI is InChI=1S/C14H21NO5/c1-20-14(19)9-5-7-15(8-6-9)12(16)10-3-2-4-11(10)13(17)18/h9-11H,2-8H2,1H3,(H,17,18). The first kappa shape index (κ1) is 14.8. The minimum atomic E-state index is -0.870. The maximum Gasteiger partial charge on any atom is 0.308 e. The summed E-state index contributed by atoms with van der Waals surface area (Å²) in [6.07, 6.45) is 3.24. The summed E-state index contributed by atoms with van der Waals surface area (Å²) in [4.78, 5) is 36.7. The number of carbonyl (C=O) groups is 3. The van der Waals surface area contributed by atoms with E-state index in [9.17, 15) is 14.4 Å². The summed E-state index contributed by atoms with van der Waals surface area (Å²) in [6.45, 7) is 1.03. The first-order valence-electron chi connectivity index (χ1n) is 7.14. The fraction of sp³-hybridized carbons (Fsp3) is 0.786. The average molecular weight is 283 g/mol. The number of piperidine rings is 1. The molecule has 0 aromatic heterocycles. The van der Waals surface area contributed by atoms with Gasteiger partial charge in [0.15, 0.2) is 0 Å². The number of aliphatic carboxylic acids is 1. The average Bonchev–Trinajstić information content (AvgIpc) is 2.95. The normalized spacial score (nSPS) is 27.4. The highest BCUT2D eigenvalue weighted by atomic mass is 16.5. The maximum absolute atomic E-state index is 12.4. The molecule has 6 heteroatoms. The third-order valence-corrected chi connectivity index (χ3v) is 4.49. The Kier molecular flexibility index (Phi) is 4.62. The summed E-state index contributed by atoms with van der Waals surface area (Å²) in [5.74, 6) is -2.21. The molecule has 0 aromatic rings. The van der Waals surface area contributed by atoms with Crippen LogP contribution in [0, 0.1) is 17.8 Å². The molecule has 1 aliphatic carbocycles. The maximum atomic E-state index is 12.4. The smallest absolute Gasteiger partial charge is 0.308 e. The van der Waals surface area contributed by atoms with Crippen LogP contribution in [0.2, 0.25) is 0 Å². The van der Waals surface area contributed by atoms with Gasteiger partial charge in [0, 0.05) is 13.1 Å². The number of likely N-dealkylation sites (tertiary alicyclic amines) is 1. The number of carbonyl (C=O) groups excluding carboxylic acids is 2. The molecule has 1 N–H and O–H groups in total. The van der Waals surface area contributed by atoms with E-state index in [2.05, 4.69) is 0 Å². The van der Waals surface area contributed by atoms with Crippen molar-refractivity contribution in [1.82, 2.24) is 4.90 Å². The Hall–Kier alpha value is -1.59. The molecular formula is C14H21NO5. The molecule has 112 valence electrons. The largest absolute Gasteiger partial charge is 0.481 e. The summed E-state index contributed by atoms with van der Waals surface area (Å²) >= 11 is 0. The molecule has 2 atom stereocenters. The zero-order valence-electron chi connectivity index (χ0n) is 11.7. The van der Waals surface area contributed by atoms with Gasteiger partial charge in [-0.2, -0.15) is 0 Å². The first-order chi connectivity index (χ1) is 9.54. The lowest BCUT2D eigenvalue weighted by molar-refractivity contribution is -0.152. The minimum absolute atomic E-state index is 0.0572. The molecule has 2 rings (SSSR count). The molecule has 1 saturated carbocycles. The molecule has 6 nitrogen and oxygen atoms in total. The van der Waals surface area contributed by atoms with E-state index in [0.717, 1.165) is 6.42 Å². The van der Waals surface area contributed by atoms with Gasteiger partial charge >= 0.3 is 11.9 Å². The number of amides is 1. The van der Waals surface area contributed by atoms with E-state index in [0.29, 0.717) is 38.8 Å². The van der Waals surface area contributed by atoms with Gasteiger partial charge < -0.3 is 14.7 Å². The molecule has 1 saturated heterocycles. The van der Waals surface area contributed by atoms with Gasteiger partial charge in [-0.1, -0.05) is 6.42 Å². The van der Waals surface area contributed by atoms with E-state index in [1.165, 1.54) is 7.11 Å². The van der Waals surface area contributed by atoms with Crippen LogP contribution in [0.3, 0.4) is 0 Å². The number of carboxylic acids is 1. The Morgan fingerprint density at radius 2 is 1.65 bits per heavy atom. The number of methoxy groups -OCH3 is 1. The van der Waals surface area contributed by atoms with Crippen molar-refractivity contribution in [3.05, 3.63) is 0 Å². The highest BCUT2D eigenvalue weighted by molar-refractivity contribution is 5.85. The SMILES string of the molecule is COC(=O)C1CCN(C(=O)C2CCCC2C(=O)O)CC1. The van der Waals surface area contributed by atoms with Crippen molar-refractivity contribution >= 4 is 17.8 Å². The Bertz CT molecular complexity index is 400. The molecule has 0 bridgehead atoms. The Balaban J connectivity index is 1.91. The van der Waals surface area contributed by atoms with Gasteiger partial charge in [-0.3, -0.25) is 14.4 Å². The van der Waals surface area contributed by atoms with Crippen molar-refractivity contribution in [3.63, 3.8) is 0 Å². The minimum Gasteiger partial charge on any atom is -0.481 e. The van der Waals surface area contributed by atoms with Crippen molar-refractivity contribution < 1.29 is 24.2 Å². The Labute approximate surface area is 118 Å². The van der Waals surface area contributed by atoms with E-state index < -0.39 is 11.9 Å². The Morgan fingerprint density at radius 3 is 2.20 bits per heavy atom. The van der Waals surface area contributed by atoms with Crippen LogP contribution < -0.4 is 0 Å². The van der Waals surface area contributed by atoms with Crippen molar-refractivity contribution in [1.29, 1.82) is 0 Å². The number of nitrogens with zero attached hydrogens (tertiary/aromatic N) is 1. The van der Waals surface area contributed by atoms with Crippen LogP contribution in [-0.4, -0.2) is 48.1 Å². The summed E-state index contributed by atoms with van der Waals surface area (Å²) < 4.78 is 4.71. The molecule has 0 aromatic carbocycles. The predicted molar refractivity (Wildman–Crippen MR) is 69.8 cm³/mol. The third kappa shape index (κ3) is 2.94. The topological polar surface area (TPSA) is 83.9 Å². The van der Waals surface area contributed by atoms with E-state index >= 15 is 0 Å². The highest BCUT2D eigenvalue weighted by Crippen LogP contribution is 2.34. The second kappa shape index (κ2) is 6.24. The monoisotopic (exact) mass is 283 g/mol. The number of carboxylic acid groups (broad SMARTS) is 1. The molecular weight excluding hydrogens is 262 g/mol. The first-order valence-corrected chi connectivity index (χ1v) is 7.14. The van der Waals surface area contributed by atoms with Gasteiger partial charge in [0.05, 0.1) is 24.9 Å². The summed E-state index contributed by atoms with van der Waals surface area (Å²) in [5, 5.41) is 9.15. The van der Waals surface area contributed by atoms with Crippen LogP contribution in [0.5, 0.6) is 0 Å². The molecule has 2 aliphatic rings. The molecule has 2 unspecified atom stereocenters. The fourth-order valence-electron chi connectivity index (χ4n) is 3.29.